The lowest BCUT2D eigenvalue weighted by atomic mass is 9.97. The highest BCUT2D eigenvalue weighted by molar-refractivity contribution is 5.76. The van der Waals surface area contributed by atoms with Crippen LogP contribution in [0.25, 0.3) is 11.4 Å². The molecule has 0 radical (unpaired) electrons. The zero-order valence-electron chi connectivity index (χ0n) is 16.5. The van der Waals surface area contributed by atoms with E-state index in [9.17, 15) is 14.3 Å². The maximum Gasteiger partial charge on any atom is 0.311 e. The minimum absolute atomic E-state index is 0.0227. The number of aromatic hydroxyl groups is 1. The van der Waals surface area contributed by atoms with Crippen molar-refractivity contribution < 1.29 is 19.0 Å². The summed E-state index contributed by atoms with van der Waals surface area (Å²) in [6.07, 6.45) is 2.13. The lowest BCUT2D eigenvalue weighted by Crippen LogP contribution is -2.22. The van der Waals surface area contributed by atoms with Crippen molar-refractivity contribution >= 4 is 5.97 Å². The zero-order chi connectivity index (χ0) is 20.5. The Bertz CT molecular complexity index is 958. The van der Waals surface area contributed by atoms with Crippen molar-refractivity contribution in [2.24, 2.45) is 5.41 Å². The Kier molecular flexibility index (Phi) is 5.36. The largest absolute Gasteiger partial charge is 0.494 e. The van der Waals surface area contributed by atoms with Gasteiger partial charge in [-0.15, -0.1) is 0 Å². The van der Waals surface area contributed by atoms with Gasteiger partial charge in [0.15, 0.2) is 5.82 Å². The third-order valence-electron chi connectivity index (χ3n) is 4.57. The van der Waals surface area contributed by atoms with Gasteiger partial charge in [0.05, 0.1) is 17.3 Å². The number of aryl methyl sites for hydroxylation is 3. The molecule has 1 aromatic rings. The monoisotopic (exact) mass is 385 g/mol. The quantitative estimate of drug-likeness (QED) is 0.675. The molecule has 0 amide bonds. The number of aromatic nitrogens is 3. The van der Waals surface area contributed by atoms with Gasteiger partial charge in [-0.25, -0.2) is 14.4 Å². The van der Waals surface area contributed by atoms with E-state index in [-0.39, 0.29) is 24.3 Å². The number of ether oxygens (including phenoxy) is 1. The van der Waals surface area contributed by atoms with Crippen molar-refractivity contribution in [2.45, 2.75) is 47.3 Å². The van der Waals surface area contributed by atoms with E-state index in [2.05, 4.69) is 9.97 Å². The molecule has 0 bridgehead atoms. The molecule has 3 rings (SSSR count). The van der Waals surface area contributed by atoms with Gasteiger partial charge in [-0.1, -0.05) is 12.1 Å². The second-order valence-corrected chi connectivity index (χ2v) is 7.84. The number of hydrogen-bond acceptors (Lipinski definition) is 5. The number of fused-ring (bicyclic) bond motifs is 1. The molecule has 1 N–H and O–H groups in total. The molecule has 0 saturated heterocycles. The van der Waals surface area contributed by atoms with Crippen molar-refractivity contribution in [1.82, 2.24) is 14.5 Å². The van der Waals surface area contributed by atoms with Crippen LogP contribution >= 0.6 is 0 Å². The van der Waals surface area contributed by atoms with Crippen molar-refractivity contribution in [2.75, 3.05) is 0 Å². The summed E-state index contributed by atoms with van der Waals surface area (Å²) < 4.78 is 20.1. The second-order valence-electron chi connectivity index (χ2n) is 7.84. The summed E-state index contributed by atoms with van der Waals surface area (Å²) in [5.41, 5.74) is 2.13. The molecule has 2 heterocycles. The molecule has 7 heteroatoms. The van der Waals surface area contributed by atoms with Gasteiger partial charge in [-0.05, 0) is 51.8 Å². The van der Waals surface area contributed by atoms with E-state index in [0.717, 1.165) is 5.56 Å². The van der Waals surface area contributed by atoms with Gasteiger partial charge in [-0.3, -0.25) is 4.79 Å². The van der Waals surface area contributed by atoms with Crippen molar-refractivity contribution in [3.8, 4) is 17.3 Å². The number of rotatable bonds is 5. The van der Waals surface area contributed by atoms with Crippen LogP contribution in [0.3, 0.4) is 0 Å². The minimum Gasteiger partial charge on any atom is -0.494 e. The van der Waals surface area contributed by atoms with Crippen LogP contribution in [0.1, 0.15) is 37.6 Å². The van der Waals surface area contributed by atoms with Crippen LogP contribution in [0, 0.1) is 18.2 Å². The summed E-state index contributed by atoms with van der Waals surface area (Å²) in [4.78, 5) is 20.8. The Balaban J connectivity index is 1.84. The van der Waals surface area contributed by atoms with Gasteiger partial charge in [0, 0.05) is 17.8 Å². The van der Waals surface area contributed by atoms with Gasteiger partial charge >= 0.3 is 5.97 Å². The van der Waals surface area contributed by atoms with Gasteiger partial charge in [0.25, 0.3) is 0 Å². The van der Waals surface area contributed by atoms with E-state index in [4.69, 9.17) is 4.74 Å². The van der Waals surface area contributed by atoms with E-state index in [0.29, 0.717) is 35.6 Å². The van der Waals surface area contributed by atoms with Gasteiger partial charge in [0.2, 0.25) is 5.88 Å². The van der Waals surface area contributed by atoms with Crippen molar-refractivity contribution in [3.63, 3.8) is 0 Å². The minimum atomic E-state index is -0.612. The van der Waals surface area contributed by atoms with E-state index >= 15 is 0 Å². The summed E-state index contributed by atoms with van der Waals surface area (Å²) in [5, 5.41) is 10.8. The first-order valence-electron chi connectivity index (χ1n) is 9.12. The number of hydrogen-bond donors (Lipinski definition) is 1. The van der Waals surface area contributed by atoms with Crippen LogP contribution in [-0.2, 0) is 29.1 Å². The molecule has 2 aliphatic rings. The standard InChI is InChI=1S/C21H24FN3O3/c1-13-16(11-28-20(27)21(2,3)4)17-18(24-13)23-12-25(19(17)26)10-9-14-5-7-15(22)8-6-14/h5-8,12,26H,9-11H2,1-4H3. The van der Waals surface area contributed by atoms with Gasteiger partial charge in [0.1, 0.15) is 12.4 Å². The zero-order valence-corrected chi connectivity index (χ0v) is 16.5. The molecule has 0 aliphatic carbocycles. The molecule has 0 saturated carbocycles. The fraction of sp³-hybridized carbons (Fsp3) is 0.381. The predicted octanol–water partition coefficient (Wildman–Crippen LogP) is 3.87. The Morgan fingerprint density at radius 3 is 2.57 bits per heavy atom. The number of halogens is 1. The first-order chi connectivity index (χ1) is 13.2. The highest BCUT2D eigenvalue weighted by Crippen LogP contribution is 2.35. The summed E-state index contributed by atoms with van der Waals surface area (Å²) in [6, 6.07) is 6.25. The number of benzene rings is 1. The first kappa shape index (κ1) is 19.8. The van der Waals surface area contributed by atoms with Crippen LogP contribution in [0.4, 0.5) is 4.39 Å². The van der Waals surface area contributed by atoms with Crippen LogP contribution < -0.4 is 0 Å². The Labute approximate surface area is 163 Å². The molecule has 6 nitrogen and oxygen atoms in total. The Morgan fingerprint density at radius 1 is 1.25 bits per heavy atom. The van der Waals surface area contributed by atoms with Crippen LogP contribution in [0.15, 0.2) is 30.6 Å². The van der Waals surface area contributed by atoms with Crippen LogP contribution in [0.2, 0.25) is 0 Å². The Morgan fingerprint density at radius 2 is 1.93 bits per heavy atom. The normalized spacial score (nSPS) is 11.8. The van der Waals surface area contributed by atoms with Crippen molar-refractivity contribution in [3.05, 3.63) is 53.2 Å². The average Bonchev–Trinajstić information content (AvgIpc) is 2.95. The van der Waals surface area contributed by atoms with Crippen molar-refractivity contribution in [1.29, 1.82) is 0 Å². The molecule has 0 spiro atoms. The smallest absolute Gasteiger partial charge is 0.311 e. The molecule has 0 atom stereocenters. The number of nitrogens with zero attached hydrogens (tertiary/aromatic N) is 3. The molecule has 28 heavy (non-hydrogen) atoms. The summed E-state index contributed by atoms with van der Waals surface area (Å²) >= 11 is 0. The molecule has 2 aliphatic heterocycles. The molecule has 0 aromatic heterocycles. The molecular weight excluding hydrogens is 361 g/mol. The molecule has 148 valence electrons. The highest BCUT2D eigenvalue weighted by Gasteiger charge is 2.27. The Hall–Kier alpha value is -2.96. The highest BCUT2D eigenvalue weighted by atomic mass is 19.1. The summed E-state index contributed by atoms with van der Waals surface area (Å²) in [6.45, 7) is 7.63. The summed E-state index contributed by atoms with van der Waals surface area (Å²) in [7, 11) is 0. The second kappa shape index (κ2) is 7.58. The fourth-order valence-electron chi connectivity index (χ4n) is 2.84. The molecule has 0 fully saturated rings. The third-order valence-corrected chi connectivity index (χ3v) is 4.57. The SMILES string of the molecule is Cc1nc2ncn(CCc3ccc(F)cc3)c(O)c-2c1COC(=O)C(C)(C)C. The number of esters is 1. The van der Waals surface area contributed by atoms with E-state index in [1.165, 1.54) is 18.5 Å². The molecule has 0 unspecified atom stereocenters. The number of carbonyl (C=O) groups is 1. The van der Waals surface area contributed by atoms with Crippen LogP contribution in [-0.4, -0.2) is 25.6 Å². The first-order valence-corrected chi connectivity index (χ1v) is 9.12. The lowest BCUT2D eigenvalue weighted by molar-refractivity contribution is -0.154. The van der Waals surface area contributed by atoms with Gasteiger partial charge < -0.3 is 14.4 Å². The summed E-state index contributed by atoms with van der Waals surface area (Å²) in [5.74, 6) is -0.173. The maximum absolute atomic E-state index is 13.0. The third kappa shape index (κ3) is 4.13. The molecule has 1 aromatic carbocycles. The van der Waals surface area contributed by atoms with Crippen LogP contribution in [0.5, 0.6) is 5.88 Å². The molecular formula is C21H24FN3O3. The fourth-order valence-corrected chi connectivity index (χ4v) is 2.84. The number of carbonyl (C=O) groups excluding carboxylic acids is 1. The lowest BCUT2D eigenvalue weighted by Gasteiger charge is -2.17. The topological polar surface area (TPSA) is 77.2 Å². The van der Waals surface area contributed by atoms with E-state index in [1.807, 2.05) is 0 Å². The predicted molar refractivity (Wildman–Crippen MR) is 102 cm³/mol. The van der Waals surface area contributed by atoms with Gasteiger partial charge in [-0.2, -0.15) is 0 Å². The van der Waals surface area contributed by atoms with E-state index < -0.39 is 5.41 Å². The maximum atomic E-state index is 13.0. The average molecular weight is 385 g/mol. The van der Waals surface area contributed by atoms with E-state index in [1.54, 1.807) is 44.4 Å².